The SMILES string of the molecule is CCC(OC)C(Cc1c(Br)c(C)nn1CC)NC. The van der Waals surface area contributed by atoms with Crippen LogP contribution >= 0.6 is 15.9 Å². The van der Waals surface area contributed by atoms with Gasteiger partial charge in [0, 0.05) is 26.1 Å². The third-order valence-electron chi connectivity index (χ3n) is 3.39. The Morgan fingerprint density at radius 3 is 2.56 bits per heavy atom. The molecule has 1 aromatic heterocycles. The molecule has 2 atom stereocenters. The Hall–Kier alpha value is -0.390. The first kappa shape index (κ1) is 15.7. The molecule has 0 aliphatic heterocycles. The highest BCUT2D eigenvalue weighted by Gasteiger charge is 2.22. The molecule has 1 rings (SSSR count). The van der Waals surface area contributed by atoms with Gasteiger partial charge in [0.05, 0.1) is 22.0 Å². The predicted molar refractivity (Wildman–Crippen MR) is 78.0 cm³/mol. The minimum atomic E-state index is 0.224. The Kier molecular flexibility index (Phi) is 6.32. The molecule has 2 unspecified atom stereocenters. The van der Waals surface area contributed by atoms with Crippen LogP contribution in [-0.2, 0) is 17.7 Å². The van der Waals surface area contributed by atoms with Crippen molar-refractivity contribution in [1.29, 1.82) is 0 Å². The second-order valence-corrected chi connectivity index (χ2v) is 5.24. The van der Waals surface area contributed by atoms with Gasteiger partial charge in [-0.25, -0.2) is 0 Å². The number of ether oxygens (including phenoxy) is 1. The van der Waals surface area contributed by atoms with Crippen molar-refractivity contribution in [2.45, 2.75) is 52.3 Å². The molecule has 0 aliphatic carbocycles. The molecule has 0 saturated carbocycles. The molecule has 0 spiro atoms. The summed E-state index contributed by atoms with van der Waals surface area (Å²) in [5.74, 6) is 0. The van der Waals surface area contributed by atoms with Crippen molar-refractivity contribution < 1.29 is 4.74 Å². The highest BCUT2D eigenvalue weighted by atomic mass is 79.9. The van der Waals surface area contributed by atoms with Crippen LogP contribution in [0.5, 0.6) is 0 Å². The number of aryl methyl sites for hydroxylation is 2. The van der Waals surface area contributed by atoms with Crippen LogP contribution in [0.15, 0.2) is 4.47 Å². The van der Waals surface area contributed by atoms with Crippen LogP contribution in [0.25, 0.3) is 0 Å². The molecule has 0 radical (unpaired) electrons. The number of nitrogens with one attached hydrogen (secondary N) is 1. The van der Waals surface area contributed by atoms with Crippen LogP contribution in [-0.4, -0.2) is 36.1 Å². The number of rotatable bonds is 7. The first-order chi connectivity index (χ1) is 8.58. The maximum Gasteiger partial charge on any atom is 0.0738 e. The summed E-state index contributed by atoms with van der Waals surface area (Å²) in [5, 5.41) is 7.88. The Bertz CT molecular complexity index is 375. The van der Waals surface area contributed by atoms with Gasteiger partial charge < -0.3 is 10.1 Å². The van der Waals surface area contributed by atoms with Crippen molar-refractivity contribution in [2.75, 3.05) is 14.2 Å². The highest BCUT2D eigenvalue weighted by Crippen LogP contribution is 2.23. The smallest absolute Gasteiger partial charge is 0.0738 e. The van der Waals surface area contributed by atoms with Crippen LogP contribution in [0.1, 0.15) is 31.7 Å². The van der Waals surface area contributed by atoms with E-state index >= 15 is 0 Å². The molecule has 1 heterocycles. The van der Waals surface area contributed by atoms with Gasteiger partial charge in [-0.1, -0.05) is 6.92 Å². The summed E-state index contributed by atoms with van der Waals surface area (Å²) in [5.41, 5.74) is 2.29. The molecule has 0 amide bonds. The molecule has 0 aromatic carbocycles. The van der Waals surface area contributed by atoms with Gasteiger partial charge in [-0.2, -0.15) is 5.10 Å². The third kappa shape index (κ3) is 3.33. The summed E-state index contributed by atoms with van der Waals surface area (Å²) >= 11 is 3.64. The quantitative estimate of drug-likeness (QED) is 0.840. The summed E-state index contributed by atoms with van der Waals surface area (Å²) in [4.78, 5) is 0. The summed E-state index contributed by atoms with van der Waals surface area (Å²) < 4.78 is 8.72. The van der Waals surface area contributed by atoms with Crippen molar-refractivity contribution in [3.63, 3.8) is 0 Å². The Labute approximate surface area is 118 Å². The average Bonchev–Trinajstić information content (AvgIpc) is 2.66. The topological polar surface area (TPSA) is 39.1 Å². The zero-order valence-corrected chi connectivity index (χ0v) is 13.5. The molecular formula is C13H24BrN3O. The Morgan fingerprint density at radius 1 is 1.44 bits per heavy atom. The molecule has 0 saturated heterocycles. The van der Waals surface area contributed by atoms with Crippen molar-refractivity contribution in [3.8, 4) is 0 Å². The molecular weight excluding hydrogens is 294 g/mol. The van der Waals surface area contributed by atoms with Gasteiger partial charge >= 0.3 is 0 Å². The molecule has 4 nitrogen and oxygen atoms in total. The van der Waals surface area contributed by atoms with E-state index in [0.29, 0.717) is 6.04 Å². The van der Waals surface area contributed by atoms with Crippen LogP contribution in [0.3, 0.4) is 0 Å². The van der Waals surface area contributed by atoms with Crippen LogP contribution in [0, 0.1) is 6.92 Å². The van der Waals surface area contributed by atoms with Crippen LogP contribution < -0.4 is 5.32 Å². The first-order valence-corrected chi connectivity index (χ1v) is 7.30. The lowest BCUT2D eigenvalue weighted by Gasteiger charge is -2.25. The number of hydrogen-bond donors (Lipinski definition) is 1. The van der Waals surface area contributed by atoms with Gasteiger partial charge in [0.25, 0.3) is 0 Å². The lowest BCUT2D eigenvalue weighted by molar-refractivity contribution is 0.0671. The molecule has 0 aliphatic rings. The van der Waals surface area contributed by atoms with Crippen LogP contribution in [0.2, 0.25) is 0 Å². The predicted octanol–water partition coefficient (Wildman–Crippen LogP) is 2.53. The second-order valence-electron chi connectivity index (χ2n) is 4.44. The largest absolute Gasteiger partial charge is 0.380 e. The van der Waals surface area contributed by atoms with Crippen molar-refractivity contribution in [2.24, 2.45) is 0 Å². The standard InChI is InChI=1S/C13H24BrN3O/c1-6-12(18-5)10(15-4)8-11-13(14)9(3)16-17(11)7-2/h10,12,15H,6-8H2,1-5H3. The average molecular weight is 318 g/mol. The monoisotopic (exact) mass is 317 g/mol. The van der Waals surface area contributed by atoms with E-state index in [1.165, 1.54) is 5.69 Å². The highest BCUT2D eigenvalue weighted by molar-refractivity contribution is 9.10. The molecule has 5 heteroatoms. The van der Waals surface area contributed by atoms with E-state index in [0.717, 1.165) is 29.6 Å². The zero-order valence-electron chi connectivity index (χ0n) is 12.0. The first-order valence-electron chi connectivity index (χ1n) is 6.50. The van der Waals surface area contributed by atoms with Gasteiger partial charge in [-0.05, 0) is 43.2 Å². The number of hydrogen-bond acceptors (Lipinski definition) is 3. The lowest BCUT2D eigenvalue weighted by Crippen LogP contribution is -2.40. The number of likely N-dealkylation sites (N-methyl/N-ethyl adjacent to an activating group) is 1. The van der Waals surface area contributed by atoms with Crippen LogP contribution in [0.4, 0.5) is 0 Å². The van der Waals surface area contributed by atoms with Crippen molar-refractivity contribution >= 4 is 15.9 Å². The summed E-state index contributed by atoms with van der Waals surface area (Å²) in [6.07, 6.45) is 2.14. The van der Waals surface area contributed by atoms with Crippen molar-refractivity contribution in [1.82, 2.24) is 15.1 Å². The van der Waals surface area contributed by atoms with E-state index in [2.05, 4.69) is 44.9 Å². The van der Waals surface area contributed by atoms with Gasteiger partial charge in [0.15, 0.2) is 0 Å². The van der Waals surface area contributed by atoms with E-state index in [-0.39, 0.29) is 6.10 Å². The van der Waals surface area contributed by atoms with E-state index in [1.807, 2.05) is 14.0 Å². The molecule has 1 aromatic rings. The lowest BCUT2D eigenvalue weighted by atomic mass is 10.0. The van der Waals surface area contributed by atoms with Gasteiger partial charge in [-0.3, -0.25) is 4.68 Å². The fourth-order valence-electron chi connectivity index (χ4n) is 2.31. The molecule has 0 fully saturated rings. The fourth-order valence-corrected chi connectivity index (χ4v) is 2.75. The number of nitrogens with zero attached hydrogens (tertiary/aromatic N) is 2. The minimum Gasteiger partial charge on any atom is -0.380 e. The van der Waals surface area contributed by atoms with Gasteiger partial charge in [-0.15, -0.1) is 0 Å². The molecule has 104 valence electrons. The van der Waals surface area contributed by atoms with E-state index in [1.54, 1.807) is 7.11 Å². The summed E-state index contributed by atoms with van der Waals surface area (Å²) in [6, 6.07) is 0.303. The number of methoxy groups -OCH3 is 1. The maximum atomic E-state index is 5.54. The maximum absolute atomic E-state index is 5.54. The van der Waals surface area contributed by atoms with Gasteiger partial charge in [0.2, 0.25) is 0 Å². The van der Waals surface area contributed by atoms with E-state index in [4.69, 9.17) is 4.74 Å². The van der Waals surface area contributed by atoms with Crippen molar-refractivity contribution in [3.05, 3.63) is 15.9 Å². The molecule has 1 N–H and O–H groups in total. The van der Waals surface area contributed by atoms with Gasteiger partial charge in [0.1, 0.15) is 0 Å². The minimum absolute atomic E-state index is 0.224. The third-order valence-corrected chi connectivity index (χ3v) is 4.42. The Morgan fingerprint density at radius 2 is 2.11 bits per heavy atom. The molecule has 0 bridgehead atoms. The summed E-state index contributed by atoms with van der Waals surface area (Å²) in [6.45, 7) is 7.18. The Balaban J connectivity index is 2.93. The number of halogens is 1. The fraction of sp³-hybridized carbons (Fsp3) is 0.769. The van der Waals surface area contributed by atoms with E-state index < -0.39 is 0 Å². The molecule has 18 heavy (non-hydrogen) atoms. The zero-order chi connectivity index (χ0) is 13.7. The van der Waals surface area contributed by atoms with E-state index in [9.17, 15) is 0 Å². The summed E-state index contributed by atoms with van der Waals surface area (Å²) in [7, 11) is 3.76. The number of aromatic nitrogens is 2. The normalized spacial score (nSPS) is 14.8. The second kappa shape index (κ2) is 7.26.